The summed E-state index contributed by atoms with van der Waals surface area (Å²) < 4.78 is 19.3. The van der Waals surface area contributed by atoms with Crippen LogP contribution in [0.3, 0.4) is 0 Å². The zero-order valence-corrected chi connectivity index (χ0v) is 14.8. The van der Waals surface area contributed by atoms with Gasteiger partial charge in [-0.15, -0.1) is 0 Å². The number of rotatable bonds is 3. The minimum atomic E-state index is -0.751. The lowest BCUT2D eigenvalue weighted by Crippen LogP contribution is -2.47. The fourth-order valence-electron chi connectivity index (χ4n) is 3.72. The maximum absolute atomic E-state index is 13.7. The number of piperidine rings is 1. The number of likely N-dealkylation sites (tertiary alicyclic amines) is 1. The van der Waals surface area contributed by atoms with Gasteiger partial charge in [0.1, 0.15) is 6.10 Å². The van der Waals surface area contributed by atoms with Gasteiger partial charge in [0.15, 0.2) is 0 Å². The van der Waals surface area contributed by atoms with Crippen molar-refractivity contribution in [2.75, 3.05) is 19.6 Å². The highest BCUT2D eigenvalue weighted by Crippen LogP contribution is 2.30. The number of nitrogens with zero attached hydrogens (tertiary/aromatic N) is 3. The summed E-state index contributed by atoms with van der Waals surface area (Å²) >= 11 is 0. The molecule has 0 spiro atoms. The van der Waals surface area contributed by atoms with E-state index < -0.39 is 5.95 Å². The maximum Gasteiger partial charge on any atom is 0.410 e. The fraction of sp³-hybridized carbons (Fsp3) is 0.350. The van der Waals surface area contributed by atoms with E-state index in [-0.39, 0.29) is 29.7 Å². The van der Waals surface area contributed by atoms with Crippen LogP contribution in [0.25, 0.3) is 0 Å². The van der Waals surface area contributed by atoms with E-state index in [1.165, 1.54) is 12.3 Å². The second-order valence-corrected chi connectivity index (χ2v) is 6.80. The maximum atomic E-state index is 13.7. The van der Waals surface area contributed by atoms with Crippen LogP contribution in [0.1, 0.15) is 34.9 Å². The van der Waals surface area contributed by atoms with E-state index in [4.69, 9.17) is 4.74 Å². The number of amides is 2. The van der Waals surface area contributed by atoms with Crippen molar-refractivity contribution < 1.29 is 18.7 Å². The predicted octanol–water partition coefficient (Wildman–Crippen LogP) is 3.02. The van der Waals surface area contributed by atoms with E-state index in [0.29, 0.717) is 32.5 Å². The van der Waals surface area contributed by atoms with Crippen molar-refractivity contribution >= 4 is 12.0 Å². The van der Waals surface area contributed by atoms with E-state index >= 15 is 0 Å². The molecule has 0 aliphatic carbocycles. The van der Waals surface area contributed by atoms with Gasteiger partial charge in [-0.05, 0) is 30.5 Å². The molecule has 1 atom stereocenters. The molecule has 2 saturated heterocycles. The van der Waals surface area contributed by atoms with Crippen LogP contribution in [0.4, 0.5) is 9.18 Å². The summed E-state index contributed by atoms with van der Waals surface area (Å²) in [5, 5.41) is 0. The Bertz CT molecular complexity index is 837. The van der Waals surface area contributed by atoms with Crippen LogP contribution < -0.4 is 0 Å². The molecule has 0 saturated carbocycles. The Labute approximate surface area is 156 Å². The molecule has 1 aromatic heterocycles. The van der Waals surface area contributed by atoms with Crippen molar-refractivity contribution in [2.45, 2.75) is 25.0 Å². The Kier molecular flexibility index (Phi) is 4.75. The molecule has 3 heterocycles. The number of cyclic esters (lactones) is 1. The molecule has 7 heteroatoms. The summed E-state index contributed by atoms with van der Waals surface area (Å²) in [6.07, 6.45) is 2.03. The molecule has 2 amide bonds. The van der Waals surface area contributed by atoms with Crippen LogP contribution in [0, 0.1) is 5.95 Å². The summed E-state index contributed by atoms with van der Waals surface area (Å²) in [7, 11) is 0. The lowest BCUT2D eigenvalue weighted by Gasteiger charge is -2.35. The first-order chi connectivity index (χ1) is 13.1. The Hall–Kier alpha value is -2.96. The van der Waals surface area contributed by atoms with Crippen molar-refractivity contribution in [1.29, 1.82) is 0 Å². The van der Waals surface area contributed by atoms with E-state index in [1.54, 1.807) is 15.9 Å². The summed E-state index contributed by atoms with van der Waals surface area (Å²) in [5.41, 5.74) is 0.966. The van der Waals surface area contributed by atoms with E-state index in [1.807, 2.05) is 30.3 Å². The molecule has 2 aromatic rings. The van der Waals surface area contributed by atoms with Crippen LogP contribution in [0.2, 0.25) is 0 Å². The van der Waals surface area contributed by atoms with E-state index in [9.17, 15) is 14.0 Å². The molecule has 27 heavy (non-hydrogen) atoms. The minimum absolute atomic E-state index is 0.0133. The Morgan fingerprint density at radius 1 is 1.11 bits per heavy atom. The van der Waals surface area contributed by atoms with Gasteiger partial charge in [-0.3, -0.25) is 4.79 Å². The van der Waals surface area contributed by atoms with Crippen LogP contribution in [0.15, 0.2) is 48.7 Å². The molecule has 2 aliphatic rings. The number of carbonyl (C=O) groups excluding carboxylic acids is 2. The molecule has 2 fully saturated rings. The lowest BCUT2D eigenvalue weighted by atomic mass is 10.0. The van der Waals surface area contributed by atoms with Crippen molar-refractivity contribution in [3.8, 4) is 0 Å². The molecule has 0 N–H and O–H groups in total. The normalized spacial score (nSPS) is 20.6. The highest BCUT2D eigenvalue weighted by molar-refractivity contribution is 5.94. The van der Waals surface area contributed by atoms with Crippen molar-refractivity contribution in [3.63, 3.8) is 0 Å². The van der Waals surface area contributed by atoms with Crippen molar-refractivity contribution in [2.24, 2.45) is 0 Å². The first-order valence-electron chi connectivity index (χ1n) is 9.05. The topological polar surface area (TPSA) is 62.7 Å². The van der Waals surface area contributed by atoms with Gasteiger partial charge in [0.25, 0.3) is 5.91 Å². The monoisotopic (exact) mass is 369 g/mol. The number of benzene rings is 1. The van der Waals surface area contributed by atoms with Crippen LogP contribution >= 0.6 is 0 Å². The van der Waals surface area contributed by atoms with E-state index in [0.717, 1.165) is 5.56 Å². The minimum Gasteiger partial charge on any atom is -0.439 e. The lowest BCUT2D eigenvalue weighted by molar-refractivity contribution is 0.0653. The van der Waals surface area contributed by atoms with Crippen LogP contribution in [0.5, 0.6) is 0 Å². The van der Waals surface area contributed by atoms with Gasteiger partial charge in [0.2, 0.25) is 5.95 Å². The van der Waals surface area contributed by atoms with Gasteiger partial charge < -0.3 is 14.5 Å². The molecule has 2 aliphatic heterocycles. The van der Waals surface area contributed by atoms with Gasteiger partial charge in [0.05, 0.1) is 12.1 Å². The molecule has 4 rings (SSSR count). The summed E-state index contributed by atoms with van der Waals surface area (Å²) in [5.74, 6) is -1.11. The number of ether oxygens (including phenoxy) is 1. The SMILES string of the molecule is O=C(c1cccnc1F)N1CCC(N2CC(c3ccccc3)OC2=O)CC1. The number of aromatic nitrogens is 1. The first kappa shape index (κ1) is 17.5. The second-order valence-electron chi connectivity index (χ2n) is 6.80. The fourth-order valence-corrected chi connectivity index (χ4v) is 3.72. The molecule has 6 nitrogen and oxygen atoms in total. The van der Waals surface area contributed by atoms with Crippen molar-refractivity contribution in [3.05, 3.63) is 65.7 Å². The summed E-state index contributed by atoms with van der Waals surface area (Å²) in [6.45, 7) is 1.45. The number of pyridine rings is 1. The molecule has 0 bridgehead atoms. The summed E-state index contributed by atoms with van der Waals surface area (Å²) in [6, 6.07) is 12.7. The smallest absolute Gasteiger partial charge is 0.410 e. The van der Waals surface area contributed by atoms with Gasteiger partial charge >= 0.3 is 6.09 Å². The number of hydrogen-bond acceptors (Lipinski definition) is 4. The third-order valence-corrected chi connectivity index (χ3v) is 5.19. The third kappa shape index (κ3) is 3.49. The molecule has 1 unspecified atom stereocenters. The van der Waals surface area contributed by atoms with Crippen molar-refractivity contribution in [1.82, 2.24) is 14.8 Å². The first-order valence-corrected chi connectivity index (χ1v) is 9.05. The van der Waals surface area contributed by atoms with Crippen LogP contribution in [-0.4, -0.2) is 52.5 Å². The molecule has 1 aromatic carbocycles. The molecule has 140 valence electrons. The Morgan fingerprint density at radius 3 is 2.56 bits per heavy atom. The third-order valence-electron chi connectivity index (χ3n) is 5.19. The average molecular weight is 369 g/mol. The standard InChI is InChI=1S/C20H20FN3O3/c21-18-16(7-4-10-22-18)19(25)23-11-8-15(9-12-23)24-13-17(27-20(24)26)14-5-2-1-3-6-14/h1-7,10,15,17H,8-9,11-13H2. The zero-order valence-electron chi connectivity index (χ0n) is 14.8. The second kappa shape index (κ2) is 7.34. The van der Waals surface area contributed by atoms with Gasteiger partial charge in [0, 0.05) is 25.3 Å². The number of hydrogen-bond donors (Lipinski definition) is 0. The van der Waals surface area contributed by atoms with Crippen LogP contribution in [-0.2, 0) is 4.74 Å². The molecular weight excluding hydrogens is 349 g/mol. The van der Waals surface area contributed by atoms with Gasteiger partial charge in [-0.25, -0.2) is 9.78 Å². The zero-order chi connectivity index (χ0) is 18.8. The largest absolute Gasteiger partial charge is 0.439 e. The molecule has 0 radical (unpaired) electrons. The molecular formula is C20H20FN3O3. The Balaban J connectivity index is 1.37. The highest BCUT2D eigenvalue weighted by atomic mass is 19.1. The van der Waals surface area contributed by atoms with E-state index in [2.05, 4.69) is 4.98 Å². The number of carbonyl (C=O) groups is 2. The highest BCUT2D eigenvalue weighted by Gasteiger charge is 2.38. The predicted molar refractivity (Wildman–Crippen MR) is 95.5 cm³/mol. The van der Waals surface area contributed by atoms with Gasteiger partial charge in [-0.2, -0.15) is 4.39 Å². The quantitative estimate of drug-likeness (QED) is 0.781. The average Bonchev–Trinajstić information content (AvgIpc) is 3.10. The van der Waals surface area contributed by atoms with Gasteiger partial charge in [-0.1, -0.05) is 30.3 Å². The summed E-state index contributed by atoms with van der Waals surface area (Å²) in [4.78, 5) is 31.7. The Morgan fingerprint density at radius 2 is 1.85 bits per heavy atom. The number of halogens is 1.